The molecule has 0 saturated heterocycles. The molecule has 0 aromatic rings. The predicted octanol–water partition coefficient (Wildman–Crippen LogP) is -1.82. The van der Waals surface area contributed by atoms with E-state index in [4.69, 9.17) is 48.2 Å². The van der Waals surface area contributed by atoms with Crippen molar-refractivity contribution in [1.82, 2.24) is 0 Å². The second-order valence-corrected chi connectivity index (χ2v) is 1.67. The Hall–Kier alpha value is 0.270. The molecule has 0 aromatic heterocycles. The van der Waals surface area contributed by atoms with Crippen molar-refractivity contribution in [2.75, 3.05) is 0 Å². The van der Waals surface area contributed by atoms with Crippen molar-refractivity contribution >= 4 is 10.4 Å². The van der Waals surface area contributed by atoms with Gasteiger partial charge in [-0.25, -0.2) is 0 Å². The second-order valence-electron chi connectivity index (χ2n) is 0.855. The maximum absolute atomic E-state index is 8.52. The van der Waals surface area contributed by atoms with Crippen molar-refractivity contribution in [2.24, 2.45) is 0 Å². The first-order valence-corrected chi connectivity index (χ1v) is 3.10. The van der Waals surface area contributed by atoms with Gasteiger partial charge in [0, 0.05) is 10.4 Å². The average Bonchev–Trinajstić information content (AvgIpc) is 1.50. The molecule has 109 valence electrons. The van der Waals surface area contributed by atoms with Crippen LogP contribution in [0.3, 0.4) is 0 Å². The molecule has 0 spiro atoms. The summed E-state index contributed by atoms with van der Waals surface area (Å²) in [6.45, 7) is 0. The van der Waals surface area contributed by atoms with Crippen molar-refractivity contribution in [1.29, 1.82) is 0 Å². The van der Waals surface area contributed by atoms with Crippen molar-refractivity contribution in [3.05, 3.63) is 30.6 Å². The number of hydrogen-bond acceptors (Lipinski definition) is 10. The molecular weight excluding hydrogens is 499 g/mol. The van der Waals surface area contributed by atoms with E-state index < -0.39 is 20.6 Å². The van der Waals surface area contributed by atoms with Crippen LogP contribution in [0.15, 0.2) is 0 Å². The molecule has 16 heavy (non-hydrogen) atoms. The largest absolute Gasteiger partial charge is 2.00 e. The van der Waals surface area contributed by atoms with Gasteiger partial charge in [-0.15, -0.1) is 0 Å². The van der Waals surface area contributed by atoms with Crippen LogP contribution in [0.2, 0.25) is 0 Å². The summed E-state index contributed by atoms with van der Waals surface area (Å²) in [5, 5.41) is 29.5. The average molecular weight is 499 g/mol. The number of rotatable bonds is 0. The minimum absolute atomic E-state index is 0. The van der Waals surface area contributed by atoms with E-state index in [1.807, 2.05) is 0 Å². The van der Waals surface area contributed by atoms with Crippen LogP contribution in [0.1, 0.15) is 0 Å². The van der Waals surface area contributed by atoms with Gasteiger partial charge in [0.15, 0.2) is 0 Å². The normalized spacial score (nSPS) is 6.62. The topological polar surface area (TPSA) is 213 Å². The first-order valence-electron chi connectivity index (χ1n) is 1.76. The van der Waals surface area contributed by atoms with Crippen molar-refractivity contribution in [3.8, 4) is 0 Å². The maximum Gasteiger partial charge on any atom is 2.00 e. The molecule has 0 unspecified atom stereocenters. The Morgan fingerprint density at radius 3 is 0.750 bits per heavy atom. The molecule has 0 amide bonds. The Labute approximate surface area is 130 Å². The Kier molecular flexibility index (Phi) is 46.4. The van der Waals surface area contributed by atoms with Crippen LogP contribution in [-0.4, -0.2) is 27.7 Å². The Morgan fingerprint density at radius 2 is 0.750 bits per heavy atom. The van der Waals surface area contributed by atoms with Crippen LogP contribution in [0.5, 0.6) is 0 Å². The van der Waals surface area contributed by atoms with E-state index in [9.17, 15) is 0 Å². The Balaban J connectivity index is -0.0000000216. The molecule has 0 aliphatic rings. The third-order valence-electron chi connectivity index (χ3n) is 0. The SMILES string of the molecule is O=S(=O)([O-])[O-].O=[N+]([O-])[O-].O=[N+]([O-])[O-].[Ag+].[Ag+].[Cu+2]. The molecule has 0 fully saturated rings. The molecule has 0 N–H and O–H groups in total. The Morgan fingerprint density at radius 1 is 0.750 bits per heavy atom. The summed E-state index contributed by atoms with van der Waals surface area (Å²) in [6, 6.07) is 0. The summed E-state index contributed by atoms with van der Waals surface area (Å²) in [7, 11) is -5.17. The van der Waals surface area contributed by atoms with E-state index >= 15 is 0 Å². The third kappa shape index (κ3) is 34500. The van der Waals surface area contributed by atoms with E-state index in [1.165, 1.54) is 0 Å². The quantitative estimate of drug-likeness (QED) is 0.120. The van der Waals surface area contributed by atoms with Gasteiger partial charge in [0.25, 0.3) is 0 Å². The van der Waals surface area contributed by atoms with Crippen LogP contribution >= 0.6 is 0 Å². The van der Waals surface area contributed by atoms with Gasteiger partial charge in [-0.2, -0.15) is 0 Å². The summed E-state index contributed by atoms with van der Waals surface area (Å²) >= 11 is 0. The van der Waals surface area contributed by atoms with Gasteiger partial charge in [-0.1, -0.05) is 0 Å². The monoisotopic (exact) mass is 497 g/mol. The van der Waals surface area contributed by atoms with E-state index in [0.29, 0.717) is 0 Å². The zero-order chi connectivity index (χ0) is 11.7. The first kappa shape index (κ1) is 36.0. The van der Waals surface area contributed by atoms with Gasteiger partial charge in [0.2, 0.25) is 0 Å². The standard InChI is InChI=1S/2Ag.Cu.2NO3.H2O4S/c;;;2*2-1(3)4;1-5(2,3)4/h;;;;;(H2,1,2,3,4)/q2*+1;+2;2*-1;/p-2. The van der Waals surface area contributed by atoms with Gasteiger partial charge >= 0.3 is 61.8 Å². The molecule has 0 aromatic carbocycles. The zero-order valence-corrected chi connectivity index (χ0v) is 11.0. The van der Waals surface area contributed by atoms with Crippen LogP contribution in [-0.2, 0) is 72.2 Å². The van der Waals surface area contributed by atoms with Gasteiger partial charge in [0.1, 0.15) is 0 Å². The molecule has 0 aliphatic heterocycles. The zero-order valence-electron chi connectivity index (χ0n) is 6.29. The molecule has 0 rings (SSSR count). The van der Waals surface area contributed by atoms with E-state index in [2.05, 4.69) is 0 Å². The van der Waals surface area contributed by atoms with Crippen LogP contribution in [0, 0.1) is 30.6 Å². The minimum atomic E-state index is -5.17. The van der Waals surface area contributed by atoms with Crippen LogP contribution in [0.4, 0.5) is 0 Å². The van der Waals surface area contributed by atoms with Crippen LogP contribution in [0.25, 0.3) is 0 Å². The molecule has 12 nitrogen and oxygen atoms in total. The molecule has 0 atom stereocenters. The van der Waals surface area contributed by atoms with E-state index in [0.717, 1.165) is 0 Å². The van der Waals surface area contributed by atoms with Crippen molar-refractivity contribution in [2.45, 2.75) is 0 Å². The van der Waals surface area contributed by atoms with Gasteiger partial charge in [0.05, 0.1) is 10.2 Å². The minimum Gasteiger partial charge on any atom is -0.759 e. The molecular formula is Ag2CuN2O10S. The molecule has 0 aliphatic carbocycles. The summed E-state index contributed by atoms with van der Waals surface area (Å²) < 4.78 is 34.1. The summed E-state index contributed by atoms with van der Waals surface area (Å²) in [5.74, 6) is 0. The third-order valence-corrected chi connectivity index (χ3v) is 0. The fourth-order valence-electron chi connectivity index (χ4n) is 0. The van der Waals surface area contributed by atoms with Crippen LogP contribution < -0.4 is 0 Å². The summed E-state index contributed by atoms with van der Waals surface area (Å²) in [5.41, 5.74) is 0. The number of nitrogens with zero attached hydrogens (tertiary/aromatic N) is 2. The van der Waals surface area contributed by atoms with Crippen molar-refractivity contribution < 1.29 is 89.5 Å². The molecule has 0 saturated carbocycles. The number of hydrogen-bond donors (Lipinski definition) is 0. The first-order chi connectivity index (χ1) is 5.46. The maximum atomic E-state index is 8.52. The molecule has 1 radical (unpaired) electrons. The predicted molar refractivity (Wildman–Crippen MR) is 31.2 cm³/mol. The fraction of sp³-hybridized carbons (Fsp3) is 0. The van der Waals surface area contributed by atoms with Gasteiger partial charge in [-0.3, -0.25) is 8.42 Å². The van der Waals surface area contributed by atoms with Gasteiger partial charge < -0.3 is 39.7 Å². The fourth-order valence-corrected chi connectivity index (χ4v) is 0. The summed E-state index contributed by atoms with van der Waals surface area (Å²) in [6.07, 6.45) is 0. The van der Waals surface area contributed by atoms with Gasteiger partial charge in [-0.05, 0) is 0 Å². The Bertz CT molecular complexity index is 222. The molecule has 0 bridgehead atoms. The summed E-state index contributed by atoms with van der Waals surface area (Å²) in [4.78, 5) is 16.5. The second kappa shape index (κ2) is 20.7. The van der Waals surface area contributed by atoms with E-state index in [1.54, 1.807) is 0 Å². The van der Waals surface area contributed by atoms with E-state index in [-0.39, 0.29) is 61.8 Å². The smallest absolute Gasteiger partial charge is 0.759 e. The molecule has 0 heterocycles. The van der Waals surface area contributed by atoms with Crippen molar-refractivity contribution in [3.63, 3.8) is 0 Å². The molecule has 16 heteroatoms.